The summed E-state index contributed by atoms with van der Waals surface area (Å²) in [7, 11) is -3.51. The maximum atomic E-state index is 12.7. The minimum Gasteiger partial charge on any atom is -0.385 e. The molecule has 2 aliphatic rings. The molecule has 0 aliphatic carbocycles. The van der Waals surface area contributed by atoms with Gasteiger partial charge in [0.15, 0.2) is 0 Å². The first kappa shape index (κ1) is 14.8. The smallest absolute Gasteiger partial charge is 0.241 e. The molecule has 1 saturated heterocycles. The Balaban J connectivity index is 1.84. The molecule has 21 heavy (non-hydrogen) atoms. The third kappa shape index (κ3) is 3.07. The summed E-state index contributed by atoms with van der Waals surface area (Å²) < 4.78 is 33.7. The molecule has 6 heteroatoms. The van der Waals surface area contributed by atoms with Crippen molar-refractivity contribution >= 4 is 15.7 Å². The molecule has 116 valence electrons. The van der Waals surface area contributed by atoms with Crippen LogP contribution in [-0.2, 0) is 21.2 Å². The van der Waals surface area contributed by atoms with Crippen molar-refractivity contribution in [1.29, 1.82) is 0 Å². The number of ether oxygens (including phenoxy) is 1. The van der Waals surface area contributed by atoms with E-state index in [2.05, 4.69) is 10.0 Å². The van der Waals surface area contributed by atoms with Gasteiger partial charge in [0, 0.05) is 24.9 Å². The van der Waals surface area contributed by atoms with Crippen LogP contribution in [0.2, 0.25) is 0 Å². The van der Waals surface area contributed by atoms with E-state index in [1.807, 2.05) is 13.0 Å². The monoisotopic (exact) mass is 310 g/mol. The molecule has 0 saturated carbocycles. The third-order valence-corrected chi connectivity index (χ3v) is 5.85. The van der Waals surface area contributed by atoms with Gasteiger partial charge >= 0.3 is 0 Å². The Morgan fingerprint density at radius 2 is 2.24 bits per heavy atom. The van der Waals surface area contributed by atoms with E-state index in [1.54, 1.807) is 12.1 Å². The van der Waals surface area contributed by atoms with Crippen molar-refractivity contribution in [2.45, 2.75) is 49.6 Å². The highest BCUT2D eigenvalue weighted by molar-refractivity contribution is 7.89. The topological polar surface area (TPSA) is 67.4 Å². The van der Waals surface area contributed by atoms with Gasteiger partial charge in [-0.15, -0.1) is 0 Å². The summed E-state index contributed by atoms with van der Waals surface area (Å²) in [5.74, 6) is 0. The molecule has 5 nitrogen and oxygen atoms in total. The maximum absolute atomic E-state index is 12.7. The van der Waals surface area contributed by atoms with Crippen molar-refractivity contribution in [2.24, 2.45) is 0 Å². The Labute approximate surface area is 126 Å². The van der Waals surface area contributed by atoms with Crippen molar-refractivity contribution in [3.8, 4) is 0 Å². The fourth-order valence-electron chi connectivity index (χ4n) is 3.11. The second-order valence-corrected chi connectivity index (χ2v) is 7.46. The summed E-state index contributed by atoms with van der Waals surface area (Å²) in [5.41, 5.74) is 1.84. The zero-order valence-electron chi connectivity index (χ0n) is 12.3. The summed E-state index contributed by atoms with van der Waals surface area (Å²) >= 11 is 0. The molecule has 2 heterocycles. The lowest BCUT2D eigenvalue weighted by molar-refractivity contribution is 0.0902. The lowest BCUT2D eigenvalue weighted by Crippen LogP contribution is -2.41. The van der Waals surface area contributed by atoms with Crippen molar-refractivity contribution in [1.82, 2.24) is 4.72 Å². The zero-order valence-corrected chi connectivity index (χ0v) is 13.1. The van der Waals surface area contributed by atoms with E-state index in [0.29, 0.717) is 4.90 Å². The average Bonchev–Trinajstić information content (AvgIpc) is 3.00. The van der Waals surface area contributed by atoms with Gasteiger partial charge < -0.3 is 10.1 Å². The van der Waals surface area contributed by atoms with Crippen LogP contribution in [0.1, 0.15) is 31.7 Å². The molecule has 3 rings (SSSR count). The average molecular weight is 310 g/mol. The molecular weight excluding hydrogens is 288 g/mol. The number of fused-ring (bicyclic) bond motifs is 1. The van der Waals surface area contributed by atoms with Gasteiger partial charge in [-0.1, -0.05) is 6.07 Å². The van der Waals surface area contributed by atoms with Crippen molar-refractivity contribution in [2.75, 3.05) is 18.5 Å². The van der Waals surface area contributed by atoms with Gasteiger partial charge in [-0.3, -0.25) is 0 Å². The number of nitrogens with one attached hydrogen (secondary N) is 2. The Hall–Kier alpha value is -1.11. The molecule has 1 aromatic carbocycles. The number of benzene rings is 1. The summed E-state index contributed by atoms with van der Waals surface area (Å²) in [5, 5.41) is 3.27. The minimum absolute atomic E-state index is 0.0163. The maximum Gasteiger partial charge on any atom is 0.241 e. The van der Waals surface area contributed by atoms with E-state index in [-0.39, 0.29) is 12.1 Å². The molecule has 0 spiro atoms. The third-order valence-electron chi connectivity index (χ3n) is 4.21. The number of rotatable bonds is 4. The molecule has 2 N–H and O–H groups in total. The predicted octanol–water partition coefficient (Wildman–Crippen LogP) is 1.89. The molecule has 2 unspecified atom stereocenters. The van der Waals surface area contributed by atoms with Gasteiger partial charge in [0.1, 0.15) is 0 Å². The van der Waals surface area contributed by atoms with Crippen LogP contribution in [0.4, 0.5) is 5.69 Å². The fourth-order valence-corrected chi connectivity index (χ4v) is 4.67. The first-order valence-electron chi connectivity index (χ1n) is 7.57. The Bertz CT molecular complexity index is 609. The van der Waals surface area contributed by atoms with E-state index in [4.69, 9.17) is 4.74 Å². The summed E-state index contributed by atoms with van der Waals surface area (Å²) in [6.45, 7) is 3.50. The highest BCUT2D eigenvalue weighted by Crippen LogP contribution is 2.28. The van der Waals surface area contributed by atoms with E-state index in [1.165, 1.54) is 0 Å². The van der Waals surface area contributed by atoms with Gasteiger partial charge in [0.25, 0.3) is 0 Å². The van der Waals surface area contributed by atoms with Crippen molar-refractivity contribution < 1.29 is 13.2 Å². The van der Waals surface area contributed by atoms with Crippen LogP contribution in [-0.4, -0.2) is 33.7 Å². The van der Waals surface area contributed by atoms with Crippen LogP contribution in [0, 0.1) is 0 Å². The number of hydrogen-bond acceptors (Lipinski definition) is 4. The van der Waals surface area contributed by atoms with Crippen LogP contribution < -0.4 is 10.0 Å². The normalized spacial score (nSPS) is 23.4. The molecule has 1 fully saturated rings. The van der Waals surface area contributed by atoms with E-state index >= 15 is 0 Å². The molecule has 2 atom stereocenters. The summed E-state index contributed by atoms with van der Waals surface area (Å²) in [6, 6.07) is 5.22. The van der Waals surface area contributed by atoms with Crippen LogP contribution in [0.25, 0.3) is 0 Å². The minimum atomic E-state index is -3.51. The predicted molar refractivity (Wildman–Crippen MR) is 82.0 cm³/mol. The van der Waals surface area contributed by atoms with Gasteiger partial charge in [0.05, 0.1) is 11.0 Å². The molecule has 1 aromatic rings. The Morgan fingerprint density at radius 3 is 3.00 bits per heavy atom. The highest BCUT2D eigenvalue weighted by Gasteiger charge is 2.29. The number of anilines is 1. The standard InChI is InChI=1S/C15H22N2O3S/c1-11(14-7-4-10-20-14)17-21(18,19)15-8-2-6-13-12(15)5-3-9-16-13/h2,6,8,11,14,16-17H,3-5,7,9-10H2,1H3. The van der Waals surface area contributed by atoms with Gasteiger partial charge in [-0.25, -0.2) is 13.1 Å². The Morgan fingerprint density at radius 1 is 1.38 bits per heavy atom. The molecule has 2 aliphatic heterocycles. The fraction of sp³-hybridized carbons (Fsp3) is 0.600. The van der Waals surface area contributed by atoms with Gasteiger partial charge in [-0.2, -0.15) is 0 Å². The lowest BCUT2D eigenvalue weighted by atomic mass is 10.0. The second-order valence-electron chi connectivity index (χ2n) is 5.77. The summed E-state index contributed by atoms with van der Waals surface area (Å²) in [4.78, 5) is 0.400. The second kappa shape index (κ2) is 5.94. The van der Waals surface area contributed by atoms with Crippen LogP contribution in [0.15, 0.2) is 23.1 Å². The molecule has 0 bridgehead atoms. The van der Waals surface area contributed by atoms with E-state index < -0.39 is 10.0 Å². The zero-order chi connectivity index (χ0) is 14.9. The molecule has 0 amide bonds. The first-order chi connectivity index (χ1) is 10.1. The SMILES string of the molecule is CC(NS(=O)(=O)c1cccc2c1CCCN2)C1CCCO1. The molecular formula is C15H22N2O3S. The van der Waals surface area contributed by atoms with E-state index in [9.17, 15) is 8.42 Å². The quantitative estimate of drug-likeness (QED) is 0.891. The van der Waals surface area contributed by atoms with Crippen molar-refractivity contribution in [3.63, 3.8) is 0 Å². The Kier molecular flexibility index (Phi) is 4.19. The first-order valence-corrected chi connectivity index (χ1v) is 9.06. The van der Waals surface area contributed by atoms with Crippen LogP contribution >= 0.6 is 0 Å². The molecule has 0 aromatic heterocycles. The number of sulfonamides is 1. The number of hydrogen-bond donors (Lipinski definition) is 2. The van der Waals surface area contributed by atoms with Crippen LogP contribution in [0.5, 0.6) is 0 Å². The highest BCUT2D eigenvalue weighted by atomic mass is 32.2. The van der Waals surface area contributed by atoms with Crippen LogP contribution in [0.3, 0.4) is 0 Å². The van der Waals surface area contributed by atoms with Crippen molar-refractivity contribution in [3.05, 3.63) is 23.8 Å². The lowest BCUT2D eigenvalue weighted by Gasteiger charge is -2.24. The van der Waals surface area contributed by atoms with Gasteiger partial charge in [-0.05, 0) is 50.3 Å². The summed E-state index contributed by atoms with van der Waals surface area (Å²) in [6.07, 6.45) is 3.66. The van der Waals surface area contributed by atoms with E-state index in [0.717, 1.165) is 50.1 Å². The largest absolute Gasteiger partial charge is 0.385 e. The molecule has 0 radical (unpaired) electrons. The van der Waals surface area contributed by atoms with Gasteiger partial charge in [0.2, 0.25) is 10.0 Å².